The molecule has 0 unspecified atom stereocenters. The third-order valence-electron chi connectivity index (χ3n) is 4.79. The standard InChI is InChI=1S/C16H23NO2S/c18-15(4-3-14-5-12-20-13-14)16(6-1-2-7-16)17-8-10-19-11-9-17/h5,12-13H,1-4,6-11H2. The largest absolute Gasteiger partial charge is 0.379 e. The Morgan fingerprint density at radius 1 is 1.30 bits per heavy atom. The number of ether oxygens (including phenoxy) is 1. The zero-order valence-corrected chi connectivity index (χ0v) is 12.8. The summed E-state index contributed by atoms with van der Waals surface area (Å²) in [5.74, 6) is 0.461. The van der Waals surface area contributed by atoms with Crippen LogP contribution >= 0.6 is 11.3 Å². The van der Waals surface area contributed by atoms with Gasteiger partial charge in [-0.15, -0.1) is 0 Å². The van der Waals surface area contributed by atoms with E-state index in [4.69, 9.17) is 4.74 Å². The Morgan fingerprint density at radius 3 is 2.70 bits per heavy atom. The summed E-state index contributed by atoms with van der Waals surface area (Å²) < 4.78 is 5.45. The molecule has 0 aromatic carbocycles. The fourth-order valence-corrected chi connectivity index (χ4v) is 4.35. The SMILES string of the molecule is O=C(CCc1ccsc1)C1(N2CCOCC2)CCCC1. The molecule has 0 amide bonds. The lowest BCUT2D eigenvalue weighted by Crippen LogP contribution is -2.56. The molecule has 0 bridgehead atoms. The van der Waals surface area contributed by atoms with E-state index in [0.717, 1.165) is 45.6 Å². The van der Waals surface area contributed by atoms with Gasteiger partial charge in [0, 0.05) is 19.5 Å². The number of nitrogens with zero attached hydrogens (tertiary/aromatic N) is 1. The highest BCUT2D eigenvalue weighted by atomic mass is 32.1. The topological polar surface area (TPSA) is 29.5 Å². The van der Waals surface area contributed by atoms with Crippen LogP contribution in [0.25, 0.3) is 0 Å². The second-order valence-corrected chi connectivity index (χ2v) is 6.67. The molecule has 2 aliphatic rings. The number of carbonyl (C=O) groups excluding carboxylic acids is 1. The number of Topliss-reactive ketones (excluding diaryl/α,β-unsaturated/α-hetero) is 1. The molecule has 0 atom stereocenters. The molecule has 3 rings (SSSR count). The summed E-state index contributed by atoms with van der Waals surface area (Å²) in [5, 5.41) is 4.25. The molecule has 0 N–H and O–H groups in total. The van der Waals surface area contributed by atoms with Gasteiger partial charge in [-0.05, 0) is 41.7 Å². The molecular formula is C16H23NO2S. The van der Waals surface area contributed by atoms with E-state index in [-0.39, 0.29) is 5.54 Å². The van der Waals surface area contributed by atoms with Crippen LogP contribution < -0.4 is 0 Å². The Bertz CT molecular complexity index is 431. The van der Waals surface area contributed by atoms with Crippen molar-refractivity contribution < 1.29 is 9.53 Å². The van der Waals surface area contributed by atoms with Gasteiger partial charge >= 0.3 is 0 Å². The van der Waals surface area contributed by atoms with Crippen molar-refractivity contribution >= 4 is 17.1 Å². The maximum atomic E-state index is 12.9. The minimum atomic E-state index is -0.167. The van der Waals surface area contributed by atoms with E-state index >= 15 is 0 Å². The fourth-order valence-electron chi connectivity index (χ4n) is 3.65. The minimum absolute atomic E-state index is 0.167. The first-order valence-electron chi connectivity index (χ1n) is 7.68. The van der Waals surface area contributed by atoms with Crippen molar-refractivity contribution in [3.05, 3.63) is 22.4 Å². The van der Waals surface area contributed by atoms with Crippen molar-refractivity contribution in [3.8, 4) is 0 Å². The van der Waals surface area contributed by atoms with Gasteiger partial charge in [0.05, 0.1) is 18.8 Å². The van der Waals surface area contributed by atoms with Crippen LogP contribution in [0.2, 0.25) is 0 Å². The molecule has 4 heteroatoms. The number of thiophene rings is 1. The van der Waals surface area contributed by atoms with Crippen LogP contribution in [-0.2, 0) is 16.0 Å². The molecule has 1 aromatic rings. The normalized spacial score (nSPS) is 23.0. The van der Waals surface area contributed by atoms with Crippen molar-refractivity contribution in [1.29, 1.82) is 0 Å². The maximum absolute atomic E-state index is 12.9. The highest BCUT2D eigenvalue weighted by Gasteiger charge is 2.45. The second kappa shape index (κ2) is 6.37. The number of aryl methyl sites for hydroxylation is 1. The molecule has 1 aliphatic heterocycles. The lowest BCUT2D eigenvalue weighted by molar-refractivity contribution is -0.134. The van der Waals surface area contributed by atoms with Gasteiger partial charge in [0.2, 0.25) is 0 Å². The lowest BCUT2D eigenvalue weighted by Gasteiger charge is -2.42. The molecule has 1 aliphatic carbocycles. The molecule has 0 spiro atoms. The van der Waals surface area contributed by atoms with Crippen LogP contribution in [0.15, 0.2) is 16.8 Å². The third kappa shape index (κ3) is 2.83. The summed E-state index contributed by atoms with van der Waals surface area (Å²) in [4.78, 5) is 15.3. The van der Waals surface area contributed by atoms with Gasteiger partial charge in [0.15, 0.2) is 5.78 Å². The number of morpholine rings is 1. The van der Waals surface area contributed by atoms with E-state index in [1.54, 1.807) is 11.3 Å². The van der Waals surface area contributed by atoms with Gasteiger partial charge in [-0.2, -0.15) is 11.3 Å². The summed E-state index contributed by atoms with van der Waals surface area (Å²) in [6.45, 7) is 3.40. The highest BCUT2D eigenvalue weighted by molar-refractivity contribution is 7.07. The smallest absolute Gasteiger partial charge is 0.153 e. The first kappa shape index (κ1) is 14.2. The van der Waals surface area contributed by atoms with Crippen molar-refractivity contribution in [3.63, 3.8) is 0 Å². The molecule has 20 heavy (non-hydrogen) atoms. The number of ketones is 1. The average molecular weight is 293 g/mol. The third-order valence-corrected chi connectivity index (χ3v) is 5.52. The van der Waals surface area contributed by atoms with Crippen LogP contribution in [0, 0.1) is 0 Å². The Hall–Kier alpha value is -0.710. The number of hydrogen-bond donors (Lipinski definition) is 0. The summed E-state index contributed by atoms with van der Waals surface area (Å²) >= 11 is 1.71. The Labute approximate surface area is 124 Å². The molecule has 110 valence electrons. The van der Waals surface area contributed by atoms with Gasteiger partial charge < -0.3 is 4.74 Å². The number of carbonyl (C=O) groups is 1. The van der Waals surface area contributed by atoms with Crippen LogP contribution in [0.4, 0.5) is 0 Å². The minimum Gasteiger partial charge on any atom is -0.379 e. The Balaban J connectivity index is 1.67. The van der Waals surface area contributed by atoms with Gasteiger partial charge in [-0.1, -0.05) is 12.8 Å². The molecular weight excluding hydrogens is 270 g/mol. The van der Waals surface area contributed by atoms with Crippen LogP contribution in [0.5, 0.6) is 0 Å². The van der Waals surface area contributed by atoms with E-state index in [0.29, 0.717) is 12.2 Å². The summed E-state index contributed by atoms with van der Waals surface area (Å²) in [7, 11) is 0. The maximum Gasteiger partial charge on any atom is 0.153 e. The molecule has 1 saturated heterocycles. The van der Waals surface area contributed by atoms with Gasteiger partial charge in [0.1, 0.15) is 0 Å². The van der Waals surface area contributed by atoms with Crippen molar-refractivity contribution in [2.24, 2.45) is 0 Å². The zero-order chi connectivity index (χ0) is 13.8. The summed E-state index contributed by atoms with van der Waals surface area (Å²) in [6, 6.07) is 2.13. The first-order valence-corrected chi connectivity index (χ1v) is 8.63. The van der Waals surface area contributed by atoms with Crippen molar-refractivity contribution in [2.75, 3.05) is 26.3 Å². The zero-order valence-electron chi connectivity index (χ0n) is 12.0. The second-order valence-electron chi connectivity index (χ2n) is 5.89. The average Bonchev–Trinajstić information content (AvgIpc) is 3.18. The van der Waals surface area contributed by atoms with Crippen molar-refractivity contribution in [1.82, 2.24) is 4.90 Å². The predicted octanol–water partition coefficient (Wildman–Crippen LogP) is 2.89. The van der Waals surface area contributed by atoms with Gasteiger partial charge in [0.25, 0.3) is 0 Å². The monoisotopic (exact) mass is 293 g/mol. The fraction of sp³-hybridized carbons (Fsp3) is 0.688. The van der Waals surface area contributed by atoms with E-state index in [2.05, 4.69) is 21.7 Å². The Morgan fingerprint density at radius 2 is 2.05 bits per heavy atom. The van der Waals surface area contributed by atoms with Crippen LogP contribution in [0.3, 0.4) is 0 Å². The molecule has 3 nitrogen and oxygen atoms in total. The van der Waals surface area contributed by atoms with E-state index in [9.17, 15) is 4.79 Å². The number of rotatable bonds is 5. The Kier molecular flexibility index (Phi) is 4.54. The van der Waals surface area contributed by atoms with Gasteiger partial charge in [-0.25, -0.2) is 0 Å². The predicted molar refractivity (Wildman–Crippen MR) is 81.2 cm³/mol. The molecule has 2 heterocycles. The van der Waals surface area contributed by atoms with Crippen molar-refractivity contribution in [2.45, 2.75) is 44.1 Å². The lowest BCUT2D eigenvalue weighted by atomic mass is 9.86. The van der Waals surface area contributed by atoms with E-state index < -0.39 is 0 Å². The van der Waals surface area contributed by atoms with Crippen LogP contribution in [-0.4, -0.2) is 42.5 Å². The molecule has 1 saturated carbocycles. The first-order chi connectivity index (χ1) is 9.81. The summed E-state index contributed by atoms with van der Waals surface area (Å²) in [6.07, 6.45) is 6.08. The van der Waals surface area contributed by atoms with Crippen LogP contribution in [0.1, 0.15) is 37.7 Å². The molecule has 1 aromatic heterocycles. The van der Waals surface area contributed by atoms with E-state index in [1.165, 1.54) is 18.4 Å². The summed E-state index contributed by atoms with van der Waals surface area (Å²) in [5.41, 5.74) is 1.14. The van der Waals surface area contributed by atoms with Gasteiger partial charge in [-0.3, -0.25) is 9.69 Å². The molecule has 2 fully saturated rings. The highest BCUT2D eigenvalue weighted by Crippen LogP contribution is 2.37. The quantitative estimate of drug-likeness (QED) is 0.836. The van der Waals surface area contributed by atoms with E-state index in [1.807, 2.05) is 0 Å². The molecule has 0 radical (unpaired) electrons. The number of hydrogen-bond acceptors (Lipinski definition) is 4.